The van der Waals surface area contributed by atoms with Gasteiger partial charge in [0.2, 0.25) is 5.91 Å². The van der Waals surface area contributed by atoms with Crippen molar-refractivity contribution in [2.45, 2.75) is 13.0 Å². The van der Waals surface area contributed by atoms with Crippen LogP contribution >= 0.6 is 28.1 Å². The maximum atomic E-state index is 11.2. The molecule has 0 aliphatic rings. The first-order valence-corrected chi connectivity index (χ1v) is 6.40. The van der Waals surface area contributed by atoms with Gasteiger partial charge in [0, 0.05) is 24.5 Å². The molecule has 0 saturated carbocycles. The molecule has 0 unspecified atom stereocenters. The van der Waals surface area contributed by atoms with Crippen LogP contribution in [-0.2, 0) is 11.3 Å². The largest absolute Gasteiger partial charge is 0.359 e. The van der Waals surface area contributed by atoms with E-state index in [-0.39, 0.29) is 5.91 Å². The molecule has 2 rings (SSSR count). The van der Waals surface area contributed by atoms with Gasteiger partial charge >= 0.3 is 0 Å². The Kier molecular flexibility index (Phi) is 3.63. The number of nitrogens with zero attached hydrogens (tertiary/aromatic N) is 1. The number of aromatic amines is 1. The summed E-state index contributed by atoms with van der Waals surface area (Å²) in [7, 11) is 1.63. The average molecular weight is 314 g/mol. The topological polar surface area (TPSA) is 49.8 Å². The van der Waals surface area contributed by atoms with Crippen molar-refractivity contribution in [1.82, 2.24) is 14.9 Å². The van der Waals surface area contributed by atoms with Crippen molar-refractivity contribution >= 4 is 45.1 Å². The number of hydrogen-bond acceptors (Lipinski definition) is 2. The van der Waals surface area contributed by atoms with E-state index in [9.17, 15) is 4.79 Å². The first-order chi connectivity index (χ1) is 8.11. The van der Waals surface area contributed by atoms with Gasteiger partial charge in [0.05, 0.1) is 11.0 Å². The summed E-state index contributed by atoms with van der Waals surface area (Å²) in [6, 6.07) is 5.91. The normalized spacial score (nSPS) is 10.7. The van der Waals surface area contributed by atoms with E-state index in [1.807, 2.05) is 22.8 Å². The monoisotopic (exact) mass is 313 g/mol. The summed E-state index contributed by atoms with van der Waals surface area (Å²) in [5.74, 6) is 0.0104. The molecule has 0 bridgehead atoms. The lowest BCUT2D eigenvalue weighted by atomic mass is 10.3. The molecule has 90 valence electrons. The number of nitrogens with one attached hydrogen (secondary N) is 2. The van der Waals surface area contributed by atoms with E-state index in [1.165, 1.54) is 0 Å². The third kappa shape index (κ3) is 2.58. The molecule has 2 aromatic rings. The lowest BCUT2D eigenvalue weighted by Crippen LogP contribution is -2.19. The summed E-state index contributed by atoms with van der Waals surface area (Å²) in [6.07, 6.45) is 0.421. The van der Waals surface area contributed by atoms with E-state index < -0.39 is 0 Å². The second kappa shape index (κ2) is 5.01. The average Bonchev–Trinajstić information content (AvgIpc) is 2.61. The second-order valence-corrected chi connectivity index (χ2v) is 4.97. The fourth-order valence-corrected chi connectivity index (χ4v) is 2.33. The van der Waals surface area contributed by atoms with Gasteiger partial charge in [0.25, 0.3) is 0 Å². The number of fused-ring (bicyclic) bond motifs is 1. The molecule has 6 heteroatoms. The number of halogens is 1. The Hall–Kier alpha value is -1.14. The predicted molar refractivity (Wildman–Crippen MR) is 73.5 cm³/mol. The van der Waals surface area contributed by atoms with Gasteiger partial charge in [-0.15, -0.1) is 0 Å². The van der Waals surface area contributed by atoms with Gasteiger partial charge in [-0.3, -0.25) is 4.79 Å². The molecule has 0 atom stereocenters. The highest BCUT2D eigenvalue weighted by atomic mass is 79.9. The molecule has 1 amide bonds. The molecular formula is C11H12BrN3OS. The van der Waals surface area contributed by atoms with Gasteiger partial charge in [-0.25, -0.2) is 0 Å². The Morgan fingerprint density at radius 3 is 3.06 bits per heavy atom. The van der Waals surface area contributed by atoms with Crippen molar-refractivity contribution in [3.05, 3.63) is 27.4 Å². The lowest BCUT2D eigenvalue weighted by molar-refractivity contribution is -0.120. The Balaban J connectivity index is 2.38. The van der Waals surface area contributed by atoms with Crippen LogP contribution in [0.5, 0.6) is 0 Å². The minimum Gasteiger partial charge on any atom is -0.359 e. The van der Waals surface area contributed by atoms with Crippen molar-refractivity contribution in [2.24, 2.45) is 0 Å². The third-order valence-electron chi connectivity index (χ3n) is 2.58. The number of hydrogen-bond donors (Lipinski definition) is 2. The van der Waals surface area contributed by atoms with E-state index in [0.29, 0.717) is 17.7 Å². The van der Waals surface area contributed by atoms with Crippen LogP contribution in [0.4, 0.5) is 0 Å². The van der Waals surface area contributed by atoms with Gasteiger partial charge < -0.3 is 14.9 Å². The van der Waals surface area contributed by atoms with Crippen LogP contribution in [0.25, 0.3) is 11.0 Å². The van der Waals surface area contributed by atoms with Crippen molar-refractivity contribution in [1.29, 1.82) is 0 Å². The van der Waals surface area contributed by atoms with Crippen LogP contribution < -0.4 is 5.32 Å². The number of carbonyl (C=O) groups is 1. The molecule has 0 saturated heterocycles. The number of aromatic nitrogens is 2. The molecule has 0 aliphatic carbocycles. The number of aryl methyl sites for hydroxylation is 1. The fraction of sp³-hybridized carbons (Fsp3) is 0.273. The number of imidazole rings is 1. The van der Waals surface area contributed by atoms with Crippen molar-refractivity contribution < 1.29 is 4.79 Å². The molecule has 2 N–H and O–H groups in total. The van der Waals surface area contributed by atoms with E-state index in [2.05, 4.69) is 26.2 Å². The molecule has 0 spiro atoms. The summed E-state index contributed by atoms with van der Waals surface area (Å²) >= 11 is 8.67. The molecule has 17 heavy (non-hydrogen) atoms. The Bertz CT molecular complexity index is 617. The number of H-pyrrole nitrogens is 1. The highest BCUT2D eigenvalue weighted by molar-refractivity contribution is 9.10. The van der Waals surface area contributed by atoms with E-state index in [0.717, 1.165) is 15.5 Å². The van der Waals surface area contributed by atoms with Crippen molar-refractivity contribution in [3.8, 4) is 0 Å². The summed E-state index contributed by atoms with van der Waals surface area (Å²) in [4.78, 5) is 14.4. The fourth-order valence-electron chi connectivity index (χ4n) is 1.69. The van der Waals surface area contributed by atoms with Crippen molar-refractivity contribution in [2.75, 3.05) is 7.05 Å². The Morgan fingerprint density at radius 1 is 1.59 bits per heavy atom. The third-order valence-corrected chi connectivity index (χ3v) is 3.39. The smallest absolute Gasteiger partial charge is 0.221 e. The van der Waals surface area contributed by atoms with Crippen LogP contribution in [0.1, 0.15) is 6.42 Å². The van der Waals surface area contributed by atoms with E-state index in [1.54, 1.807) is 7.05 Å². The molecule has 0 radical (unpaired) electrons. The van der Waals surface area contributed by atoms with Gasteiger partial charge in [-0.1, -0.05) is 15.9 Å². The molecule has 0 aliphatic heterocycles. The zero-order chi connectivity index (χ0) is 12.4. The zero-order valence-corrected chi connectivity index (χ0v) is 11.7. The van der Waals surface area contributed by atoms with Gasteiger partial charge in [0.1, 0.15) is 0 Å². The minimum atomic E-state index is 0.0104. The van der Waals surface area contributed by atoms with Crippen LogP contribution in [0.15, 0.2) is 22.7 Å². The number of benzene rings is 1. The molecule has 1 aromatic carbocycles. The summed E-state index contributed by atoms with van der Waals surface area (Å²) in [6.45, 7) is 0.578. The standard InChI is InChI=1S/C11H12BrN3OS/c1-13-10(16)4-5-15-9-6-7(12)2-3-8(9)14-11(15)17/h2-3,6H,4-5H2,1H3,(H,13,16)(H,14,17). The summed E-state index contributed by atoms with van der Waals surface area (Å²) in [5, 5.41) is 2.60. The SMILES string of the molecule is CNC(=O)CCn1c(=S)[nH]c2ccc(Br)cc21. The Morgan fingerprint density at radius 2 is 2.35 bits per heavy atom. The minimum absolute atomic E-state index is 0.0104. The molecule has 0 fully saturated rings. The maximum absolute atomic E-state index is 11.2. The first-order valence-electron chi connectivity index (χ1n) is 5.20. The molecular weight excluding hydrogens is 302 g/mol. The highest BCUT2D eigenvalue weighted by Gasteiger charge is 2.06. The lowest BCUT2D eigenvalue weighted by Gasteiger charge is -2.04. The Labute approximate surface area is 112 Å². The molecule has 1 aromatic heterocycles. The molecule has 4 nitrogen and oxygen atoms in total. The van der Waals surface area contributed by atoms with Crippen LogP contribution in [-0.4, -0.2) is 22.5 Å². The van der Waals surface area contributed by atoms with Gasteiger partial charge in [-0.05, 0) is 30.4 Å². The number of carbonyl (C=O) groups excluding carboxylic acids is 1. The van der Waals surface area contributed by atoms with Crippen molar-refractivity contribution in [3.63, 3.8) is 0 Å². The van der Waals surface area contributed by atoms with Crippen LogP contribution in [0.3, 0.4) is 0 Å². The predicted octanol–water partition coefficient (Wildman–Crippen LogP) is 2.60. The summed E-state index contributed by atoms with van der Waals surface area (Å²) < 4.78 is 3.57. The van der Waals surface area contributed by atoms with Crippen LogP contribution in [0, 0.1) is 4.77 Å². The van der Waals surface area contributed by atoms with Gasteiger partial charge in [-0.2, -0.15) is 0 Å². The second-order valence-electron chi connectivity index (χ2n) is 3.67. The van der Waals surface area contributed by atoms with E-state index in [4.69, 9.17) is 12.2 Å². The maximum Gasteiger partial charge on any atom is 0.221 e. The summed E-state index contributed by atoms with van der Waals surface area (Å²) in [5.41, 5.74) is 1.99. The first kappa shape index (κ1) is 12.3. The number of amides is 1. The van der Waals surface area contributed by atoms with Gasteiger partial charge in [0.15, 0.2) is 4.77 Å². The van der Waals surface area contributed by atoms with E-state index >= 15 is 0 Å². The quantitative estimate of drug-likeness (QED) is 0.856. The van der Waals surface area contributed by atoms with Crippen LogP contribution in [0.2, 0.25) is 0 Å². The zero-order valence-electron chi connectivity index (χ0n) is 9.29. The highest BCUT2D eigenvalue weighted by Crippen LogP contribution is 2.19. The number of rotatable bonds is 3. The molecule has 1 heterocycles.